The molecule has 0 saturated heterocycles. The summed E-state index contributed by atoms with van der Waals surface area (Å²) in [6.45, 7) is 0. The third kappa shape index (κ3) is 2.70. The Kier molecular flexibility index (Phi) is 4.01. The highest BCUT2D eigenvalue weighted by Gasteiger charge is 2.34. The summed E-state index contributed by atoms with van der Waals surface area (Å²) in [6, 6.07) is 12.7. The maximum atomic E-state index is 10.1. The molecular formula is C13H13N3O. The van der Waals surface area contributed by atoms with Crippen molar-refractivity contribution in [2.75, 3.05) is 14.1 Å². The highest BCUT2D eigenvalue weighted by Crippen LogP contribution is 2.20. The fourth-order valence-electron chi connectivity index (χ4n) is 1.33. The van der Waals surface area contributed by atoms with Gasteiger partial charge < -0.3 is 5.11 Å². The lowest BCUT2D eigenvalue weighted by Gasteiger charge is -2.26. The van der Waals surface area contributed by atoms with E-state index in [1.54, 1.807) is 32.3 Å². The Bertz CT molecular complexity index is 494. The first kappa shape index (κ1) is 12.9. The second-order valence-corrected chi connectivity index (χ2v) is 3.76. The van der Waals surface area contributed by atoms with Gasteiger partial charge in [-0.05, 0) is 25.7 Å². The smallest absolute Gasteiger partial charge is 0.244 e. The second kappa shape index (κ2) is 5.27. The fraction of sp³-hybridized carbons (Fsp3) is 0.231. The first-order valence-electron chi connectivity index (χ1n) is 5.03. The fourth-order valence-corrected chi connectivity index (χ4v) is 1.33. The second-order valence-electron chi connectivity index (χ2n) is 3.76. The summed E-state index contributed by atoms with van der Waals surface area (Å²) in [5.74, 6) is 0. The molecule has 0 aliphatic carbocycles. The molecule has 0 heterocycles. The maximum absolute atomic E-state index is 10.1. The summed E-state index contributed by atoms with van der Waals surface area (Å²) in [4.78, 5) is 1.30. The van der Waals surface area contributed by atoms with Crippen LogP contribution in [0.25, 0.3) is 6.08 Å². The summed E-state index contributed by atoms with van der Waals surface area (Å²) < 4.78 is 0. The van der Waals surface area contributed by atoms with Crippen molar-refractivity contribution in [3.8, 4) is 12.1 Å². The van der Waals surface area contributed by atoms with Crippen molar-refractivity contribution in [1.82, 2.24) is 4.90 Å². The van der Waals surface area contributed by atoms with Crippen LogP contribution >= 0.6 is 0 Å². The molecule has 4 nitrogen and oxygen atoms in total. The third-order valence-electron chi connectivity index (χ3n) is 2.41. The molecule has 0 aliphatic heterocycles. The van der Waals surface area contributed by atoms with Crippen LogP contribution in [0.2, 0.25) is 0 Å². The Hall–Kier alpha value is -2.14. The molecule has 1 aromatic rings. The molecule has 0 fully saturated rings. The monoisotopic (exact) mass is 227 g/mol. The van der Waals surface area contributed by atoms with Gasteiger partial charge in [0.15, 0.2) is 0 Å². The largest absolute Gasteiger partial charge is 0.359 e. The van der Waals surface area contributed by atoms with Crippen LogP contribution in [0.15, 0.2) is 35.9 Å². The third-order valence-corrected chi connectivity index (χ3v) is 2.41. The quantitative estimate of drug-likeness (QED) is 0.481. The van der Waals surface area contributed by atoms with E-state index in [2.05, 4.69) is 0 Å². The summed E-state index contributed by atoms with van der Waals surface area (Å²) in [6.07, 6.45) is 1.50. The van der Waals surface area contributed by atoms with Gasteiger partial charge in [-0.2, -0.15) is 10.5 Å². The van der Waals surface area contributed by atoms with Gasteiger partial charge in [0.05, 0.1) is 5.57 Å². The van der Waals surface area contributed by atoms with E-state index >= 15 is 0 Å². The van der Waals surface area contributed by atoms with Crippen LogP contribution < -0.4 is 0 Å². The topological polar surface area (TPSA) is 71.0 Å². The van der Waals surface area contributed by atoms with E-state index in [1.165, 1.54) is 11.0 Å². The minimum absolute atomic E-state index is 0.00352. The van der Waals surface area contributed by atoms with Crippen molar-refractivity contribution in [3.05, 3.63) is 41.5 Å². The predicted molar refractivity (Wildman–Crippen MR) is 64.3 cm³/mol. The van der Waals surface area contributed by atoms with Crippen LogP contribution in [-0.4, -0.2) is 29.8 Å². The van der Waals surface area contributed by atoms with Gasteiger partial charge >= 0.3 is 0 Å². The number of rotatable bonds is 3. The van der Waals surface area contributed by atoms with Crippen LogP contribution in [0.1, 0.15) is 5.56 Å². The molecule has 0 aromatic heterocycles. The molecule has 0 spiro atoms. The summed E-state index contributed by atoms with van der Waals surface area (Å²) in [7, 11) is 3.08. The zero-order chi connectivity index (χ0) is 12.9. The minimum Gasteiger partial charge on any atom is -0.359 e. The van der Waals surface area contributed by atoms with E-state index in [4.69, 9.17) is 10.5 Å². The zero-order valence-corrected chi connectivity index (χ0v) is 9.75. The molecule has 0 saturated carbocycles. The van der Waals surface area contributed by atoms with E-state index in [9.17, 15) is 5.11 Å². The number of hydrogen-bond acceptors (Lipinski definition) is 4. The lowest BCUT2D eigenvalue weighted by atomic mass is 10.0. The molecule has 0 amide bonds. The average molecular weight is 227 g/mol. The maximum Gasteiger partial charge on any atom is 0.244 e. The van der Waals surface area contributed by atoms with Crippen molar-refractivity contribution in [2.45, 2.75) is 5.72 Å². The highest BCUT2D eigenvalue weighted by atomic mass is 16.3. The number of aliphatic hydroxyl groups is 1. The molecule has 86 valence electrons. The molecule has 0 aliphatic rings. The average Bonchev–Trinajstić information content (AvgIpc) is 2.36. The Labute approximate surface area is 101 Å². The molecule has 1 unspecified atom stereocenters. The Balaban J connectivity index is 3.22. The zero-order valence-electron chi connectivity index (χ0n) is 9.75. The van der Waals surface area contributed by atoms with Crippen LogP contribution in [0.4, 0.5) is 0 Å². The lowest BCUT2D eigenvalue weighted by molar-refractivity contribution is 0.00822. The van der Waals surface area contributed by atoms with Crippen molar-refractivity contribution >= 4 is 6.08 Å². The summed E-state index contributed by atoms with van der Waals surface area (Å²) >= 11 is 0. The molecule has 1 rings (SSSR count). The number of hydrogen-bond donors (Lipinski definition) is 1. The Morgan fingerprint density at radius 1 is 1.29 bits per heavy atom. The van der Waals surface area contributed by atoms with Crippen molar-refractivity contribution in [1.29, 1.82) is 10.5 Å². The number of benzene rings is 1. The van der Waals surface area contributed by atoms with Crippen LogP contribution in [0.5, 0.6) is 0 Å². The molecule has 1 aromatic carbocycles. The van der Waals surface area contributed by atoms with E-state index < -0.39 is 5.72 Å². The highest BCUT2D eigenvalue weighted by molar-refractivity contribution is 5.61. The first-order valence-corrected chi connectivity index (χ1v) is 5.03. The molecule has 0 bridgehead atoms. The normalized spacial score (nSPS) is 14.8. The van der Waals surface area contributed by atoms with Gasteiger partial charge in [0.2, 0.25) is 5.72 Å². The molecule has 17 heavy (non-hydrogen) atoms. The van der Waals surface area contributed by atoms with Gasteiger partial charge in [0.1, 0.15) is 12.1 Å². The standard InChI is InChI=1S/C13H13N3O/c1-16(2)13(17,10-15)12(9-14)8-11-6-4-3-5-7-11/h3-8,17H,1-2H3. The molecular weight excluding hydrogens is 214 g/mol. The minimum atomic E-state index is -1.90. The van der Waals surface area contributed by atoms with Crippen LogP contribution in [0, 0.1) is 22.7 Å². The first-order chi connectivity index (χ1) is 8.04. The van der Waals surface area contributed by atoms with Gasteiger partial charge in [-0.25, -0.2) is 0 Å². The molecule has 1 N–H and O–H groups in total. The lowest BCUT2D eigenvalue weighted by Crippen LogP contribution is -2.44. The van der Waals surface area contributed by atoms with E-state index in [0.717, 1.165) is 5.56 Å². The van der Waals surface area contributed by atoms with Gasteiger partial charge in [0.25, 0.3) is 0 Å². The van der Waals surface area contributed by atoms with Crippen LogP contribution in [0.3, 0.4) is 0 Å². The van der Waals surface area contributed by atoms with E-state index in [1.807, 2.05) is 24.3 Å². The van der Waals surface area contributed by atoms with Gasteiger partial charge in [-0.3, -0.25) is 4.90 Å². The number of nitriles is 2. The molecule has 0 radical (unpaired) electrons. The predicted octanol–water partition coefficient (Wildman–Crippen LogP) is 1.37. The van der Waals surface area contributed by atoms with Gasteiger partial charge in [-0.1, -0.05) is 30.3 Å². The van der Waals surface area contributed by atoms with Crippen molar-refractivity contribution < 1.29 is 5.11 Å². The van der Waals surface area contributed by atoms with Crippen LogP contribution in [-0.2, 0) is 0 Å². The van der Waals surface area contributed by atoms with E-state index in [-0.39, 0.29) is 5.57 Å². The Morgan fingerprint density at radius 2 is 1.88 bits per heavy atom. The van der Waals surface area contributed by atoms with E-state index in [0.29, 0.717) is 0 Å². The molecule has 1 atom stereocenters. The Morgan fingerprint density at radius 3 is 2.29 bits per heavy atom. The summed E-state index contributed by atoms with van der Waals surface area (Å²) in [5, 5.41) is 28.1. The summed E-state index contributed by atoms with van der Waals surface area (Å²) in [5.41, 5.74) is -1.14. The molecule has 4 heteroatoms. The number of likely N-dealkylation sites (N-methyl/N-ethyl adjacent to an activating group) is 1. The van der Waals surface area contributed by atoms with Crippen molar-refractivity contribution in [2.24, 2.45) is 0 Å². The van der Waals surface area contributed by atoms with Gasteiger partial charge in [-0.15, -0.1) is 0 Å². The van der Waals surface area contributed by atoms with Gasteiger partial charge in [0, 0.05) is 0 Å². The number of nitrogens with zero attached hydrogens (tertiary/aromatic N) is 3. The SMILES string of the molecule is CN(C)C(O)(C#N)C(C#N)=Cc1ccccc1. The van der Waals surface area contributed by atoms with Crippen molar-refractivity contribution in [3.63, 3.8) is 0 Å².